The Morgan fingerprint density at radius 3 is 2.91 bits per heavy atom. The Kier molecular flexibility index (Phi) is 5.84. The van der Waals surface area contributed by atoms with Crippen LogP contribution in [0.15, 0.2) is 18.2 Å². The Morgan fingerprint density at radius 2 is 2.22 bits per heavy atom. The van der Waals surface area contributed by atoms with Crippen LogP contribution in [-0.4, -0.2) is 41.7 Å². The van der Waals surface area contributed by atoms with Crippen molar-refractivity contribution in [2.75, 3.05) is 25.0 Å². The molecule has 0 spiro atoms. The Balaban J connectivity index is 2.06. The van der Waals surface area contributed by atoms with Gasteiger partial charge in [-0.1, -0.05) is 13.0 Å². The number of likely N-dealkylation sites (tertiary alicyclic amines) is 1. The van der Waals surface area contributed by atoms with Gasteiger partial charge in [0.2, 0.25) is 0 Å². The molecule has 23 heavy (non-hydrogen) atoms. The van der Waals surface area contributed by atoms with Crippen molar-refractivity contribution in [3.8, 4) is 5.75 Å². The zero-order valence-electron chi connectivity index (χ0n) is 13.7. The van der Waals surface area contributed by atoms with Crippen molar-refractivity contribution < 1.29 is 19.4 Å². The van der Waals surface area contributed by atoms with Crippen LogP contribution in [0.2, 0.25) is 0 Å². The molecule has 1 aliphatic heterocycles. The van der Waals surface area contributed by atoms with Gasteiger partial charge < -0.3 is 20.1 Å². The summed E-state index contributed by atoms with van der Waals surface area (Å²) in [4.78, 5) is 25.1. The summed E-state index contributed by atoms with van der Waals surface area (Å²) >= 11 is 0. The molecule has 1 saturated heterocycles. The van der Waals surface area contributed by atoms with E-state index in [1.54, 1.807) is 4.90 Å². The van der Waals surface area contributed by atoms with Gasteiger partial charge in [-0.2, -0.15) is 0 Å². The van der Waals surface area contributed by atoms with Gasteiger partial charge in [0.15, 0.2) is 0 Å². The predicted molar refractivity (Wildman–Crippen MR) is 87.9 cm³/mol. The number of urea groups is 1. The minimum absolute atomic E-state index is 0.248. The second-order valence-corrected chi connectivity index (χ2v) is 5.90. The first-order valence-corrected chi connectivity index (χ1v) is 8.03. The normalized spacial score (nSPS) is 17.7. The van der Waals surface area contributed by atoms with E-state index in [2.05, 4.69) is 5.32 Å². The lowest BCUT2D eigenvalue weighted by Crippen LogP contribution is -2.44. The quantitative estimate of drug-likeness (QED) is 0.873. The number of nitrogens with zero attached hydrogens (tertiary/aromatic N) is 1. The Labute approximate surface area is 136 Å². The summed E-state index contributed by atoms with van der Waals surface area (Å²) < 4.78 is 5.69. The first kappa shape index (κ1) is 17.1. The molecule has 0 aromatic heterocycles. The summed E-state index contributed by atoms with van der Waals surface area (Å²) in [5, 5.41) is 12.0. The molecular weight excluding hydrogens is 296 g/mol. The van der Waals surface area contributed by atoms with E-state index >= 15 is 0 Å². The van der Waals surface area contributed by atoms with E-state index < -0.39 is 11.9 Å². The number of rotatable bonds is 5. The number of amides is 2. The molecule has 1 heterocycles. The highest BCUT2D eigenvalue weighted by molar-refractivity contribution is 5.91. The van der Waals surface area contributed by atoms with Crippen LogP contribution in [0.5, 0.6) is 5.75 Å². The maximum atomic E-state index is 12.4. The van der Waals surface area contributed by atoms with E-state index in [1.165, 1.54) is 0 Å². The van der Waals surface area contributed by atoms with Crippen molar-refractivity contribution in [1.82, 2.24) is 4.90 Å². The number of carboxylic acids is 1. The summed E-state index contributed by atoms with van der Waals surface area (Å²) in [7, 11) is 0. The first-order chi connectivity index (χ1) is 11.0. The van der Waals surface area contributed by atoms with Gasteiger partial charge in [0.25, 0.3) is 0 Å². The lowest BCUT2D eigenvalue weighted by atomic mass is 9.99. The van der Waals surface area contributed by atoms with Crippen LogP contribution in [0.25, 0.3) is 0 Å². The molecule has 1 fully saturated rings. The molecule has 0 saturated carbocycles. The molecule has 1 aliphatic rings. The number of carbonyl (C=O) groups excluding carboxylic acids is 1. The molecule has 0 bridgehead atoms. The Bertz CT molecular complexity index is 574. The molecule has 1 aromatic carbocycles. The van der Waals surface area contributed by atoms with Crippen molar-refractivity contribution in [1.29, 1.82) is 0 Å². The summed E-state index contributed by atoms with van der Waals surface area (Å²) in [5.74, 6) is -0.680. The van der Waals surface area contributed by atoms with Crippen LogP contribution in [0, 0.1) is 12.8 Å². The van der Waals surface area contributed by atoms with Gasteiger partial charge in [-0.25, -0.2) is 4.79 Å². The molecule has 126 valence electrons. The predicted octanol–water partition coefficient (Wildman–Crippen LogP) is 3.11. The maximum Gasteiger partial charge on any atom is 0.321 e. The first-order valence-electron chi connectivity index (χ1n) is 8.03. The minimum Gasteiger partial charge on any atom is -0.491 e. The number of piperidine rings is 1. The van der Waals surface area contributed by atoms with Crippen LogP contribution in [-0.2, 0) is 4.79 Å². The van der Waals surface area contributed by atoms with Crippen molar-refractivity contribution in [2.24, 2.45) is 5.92 Å². The van der Waals surface area contributed by atoms with Gasteiger partial charge in [0, 0.05) is 13.1 Å². The van der Waals surface area contributed by atoms with Gasteiger partial charge in [0.1, 0.15) is 5.75 Å². The smallest absolute Gasteiger partial charge is 0.321 e. The maximum absolute atomic E-state index is 12.4. The van der Waals surface area contributed by atoms with E-state index in [0.29, 0.717) is 37.4 Å². The number of aryl methyl sites for hydroxylation is 1. The molecule has 6 heteroatoms. The Morgan fingerprint density at radius 1 is 1.43 bits per heavy atom. The average molecular weight is 320 g/mol. The third-order valence-corrected chi connectivity index (χ3v) is 3.90. The van der Waals surface area contributed by atoms with Gasteiger partial charge in [-0.15, -0.1) is 0 Å². The van der Waals surface area contributed by atoms with Gasteiger partial charge in [-0.05, 0) is 43.9 Å². The van der Waals surface area contributed by atoms with Crippen molar-refractivity contribution in [3.63, 3.8) is 0 Å². The number of carbonyl (C=O) groups is 2. The average Bonchev–Trinajstić information content (AvgIpc) is 2.55. The van der Waals surface area contributed by atoms with Crippen LogP contribution in [0.4, 0.5) is 10.5 Å². The SMILES string of the molecule is CCCOc1cc(C)ccc1NC(=O)N1CCCC(C(=O)O)C1. The highest BCUT2D eigenvalue weighted by atomic mass is 16.5. The second-order valence-electron chi connectivity index (χ2n) is 5.90. The summed E-state index contributed by atoms with van der Waals surface area (Å²) in [6, 6.07) is 5.34. The third-order valence-electron chi connectivity index (χ3n) is 3.90. The molecule has 1 aromatic rings. The summed E-state index contributed by atoms with van der Waals surface area (Å²) in [5.41, 5.74) is 1.67. The number of nitrogens with one attached hydrogen (secondary N) is 1. The zero-order valence-corrected chi connectivity index (χ0v) is 13.7. The molecule has 1 atom stereocenters. The van der Waals surface area contributed by atoms with Crippen LogP contribution >= 0.6 is 0 Å². The fourth-order valence-corrected chi connectivity index (χ4v) is 2.62. The molecule has 0 aliphatic carbocycles. The fraction of sp³-hybridized carbons (Fsp3) is 0.529. The monoisotopic (exact) mass is 320 g/mol. The summed E-state index contributed by atoms with van der Waals surface area (Å²) in [6.07, 6.45) is 2.21. The number of aliphatic carboxylic acids is 1. The topological polar surface area (TPSA) is 78.9 Å². The summed E-state index contributed by atoms with van der Waals surface area (Å²) in [6.45, 7) is 5.39. The number of carboxylic acid groups (broad SMARTS) is 1. The standard InChI is InChI=1S/C17H24N2O4/c1-3-9-23-15-10-12(2)6-7-14(15)18-17(22)19-8-4-5-13(11-19)16(20)21/h6-7,10,13H,3-5,8-9,11H2,1-2H3,(H,18,22)(H,20,21). The molecule has 0 radical (unpaired) electrons. The van der Waals surface area contributed by atoms with E-state index in [1.807, 2.05) is 32.0 Å². The van der Waals surface area contributed by atoms with Crippen molar-refractivity contribution in [2.45, 2.75) is 33.1 Å². The van der Waals surface area contributed by atoms with Crippen molar-refractivity contribution >= 4 is 17.7 Å². The molecular formula is C17H24N2O4. The number of benzene rings is 1. The molecule has 2 rings (SSSR count). The molecule has 6 nitrogen and oxygen atoms in total. The van der Waals surface area contributed by atoms with Crippen LogP contribution in [0.3, 0.4) is 0 Å². The van der Waals surface area contributed by atoms with E-state index in [-0.39, 0.29) is 12.6 Å². The van der Waals surface area contributed by atoms with Gasteiger partial charge in [-0.3, -0.25) is 4.79 Å². The fourth-order valence-electron chi connectivity index (χ4n) is 2.62. The largest absolute Gasteiger partial charge is 0.491 e. The minimum atomic E-state index is -0.843. The van der Waals surface area contributed by atoms with Crippen molar-refractivity contribution in [3.05, 3.63) is 23.8 Å². The number of hydrogen-bond donors (Lipinski definition) is 2. The lowest BCUT2D eigenvalue weighted by Gasteiger charge is -2.30. The highest BCUT2D eigenvalue weighted by Gasteiger charge is 2.28. The number of ether oxygens (including phenoxy) is 1. The molecule has 2 N–H and O–H groups in total. The molecule has 2 amide bonds. The number of hydrogen-bond acceptors (Lipinski definition) is 3. The van der Waals surface area contributed by atoms with Gasteiger partial charge >= 0.3 is 12.0 Å². The van der Waals surface area contributed by atoms with E-state index in [9.17, 15) is 9.59 Å². The van der Waals surface area contributed by atoms with Gasteiger partial charge in [0.05, 0.1) is 18.2 Å². The van der Waals surface area contributed by atoms with Crippen LogP contribution in [0.1, 0.15) is 31.7 Å². The van der Waals surface area contributed by atoms with E-state index in [4.69, 9.17) is 9.84 Å². The Hall–Kier alpha value is -2.24. The number of anilines is 1. The molecule has 1 unspecified atom stereocenters. The third kappa shape index (κ3) is 4.61. The zero-order chi connectivity index (χ0) is 16.8. The highest BCUT2D eigenvalue weighted by Crippen LogP contribution is 2.27. The van der Waals surface area contributed by atoms with Crippen LogP contribution < -0.4 is 10.1 Å². The van der Waals surface area contributed by atoms with E-state index in [0.717, 1.165) is 12.0 Å². The lowest BCUT2D eigenvalue weighted by molar-refractivity contribution is -0.143. The second kappa shape index (κ2) is 7.85.